The number of nitrogens with one attached hydrogen (secondary N) is 6. The second-order valence-electron chi connectivity index (χ2n) is 15.0. The van der Waals surface area contributed by atoms with Crippen LogP contribution in [0.1, 0.15) is 82.2 Å². The van der Waals surface area contributed by atoms with E-state index in [-0.39, 0.29) is 54.0 Å². The van der Waals surface area contributed by atoms with Crippen LogP contribution in [0.15, 0.2) is 42.5 Å². The van der Waals surface area contributed by atoms with Crippen molar-refractivity contribution in [1.29, 1.82) is 0 Å². The molecule has 6 N–H and O–H groups in total. The summed E-state index contributed by atoms with van der Waals surface area (Å²) in [6, 6.07) is 8.05. The number of para-hydroxylation sites is 1. The molecule has 5 rings (SSSR count). The van der Waals surface area contributed by atoms with Crippen molar-refractivity contribution >= 4 is 34.7 Å². The number of hydrogen-bond donors (Lipinski definition) is 6. The average Bonchev–Trinajstić information content (AvgIpc) is 3.53. The number of benzene rings is 2. The second kappa shape index (κ2) is 17.9. The first kappa shape index (κ1) is 41.5. The monoisotopic (exact) mass is 772 g/mol. The number of fused-ring (bicyclic) bond motifs is 3. The fraction of sp³-hybridized carbons (Fsp3) is 0.550. The fourth-order valence-corrected chi connectivity index (χ4v) is 7.33. The Hall–Kier alpha value is -4.66. The maximum atomic E-state index is 14.7. The van der Waals surface area contributed by atoms with Crippen LogP contribution < -0.4 is 26.6 Å². The summed E-state index contributed by atoms with van der Waals surface area (Å²) in [5, 5.41) is 14.7. The predicted molar refractivity (Wildman–Crippen MR) is 199 cm³/mol. The third-order valence-corrected chi connectivity index (χ3v) is 11.2. The molecule has 5 amide bonds. The van der Waals surface area contributed by atoms with Gasteiger partial charge in [-0.2, -0.15) is 13.2 Å². The molecule has 15 heteroatoms. The molecular formula is C40H52F4N6O5. The van der Waals surface area contributed by atoms with Crippen molar-refractivity contribution in [1.82, 2.24) is 31.6 Å². The summed E-state index contributed by atoms with van der Waals surface area (Å²) in [4.78, 5) is 58.3. The lowest BCUT2D eigenvalue weighted by Crippen LogP contribution is -2.67. The van der Waals surface area contributed by atoms with Crippen LogP contribution in [0.25, 0.3) is 10.9 Å². The lowest BCUT2D eigenvalue weighted by molar-refractivity contribution is -0.137. The first-order valence-electron chi connectivity index (χ1n) is 19.1. The maximum absolute atomic E-state index is 14.7. The summed E-state index contributed by atoms with van der Waals surface area (Å²) in [5.74, 6) is -2.89. The van der Waals surface area contributed by atoms with E-state index in [2.05, 4.69) is 31.6 Å². The summed E-state index contributed by atoms with van der Waals surface area (Å²) in [5.41, 5.74) is -1.53. The Morgan fingerprint density at radius 2 is 1.65 bits per heavy atom. The molecule has 2 unspecified atom stereocenters. The molecule has 1 aromatic heterocycles. The number of carbonyl (C=O) groups excluding carboxylic acids is 4. The van der Waals surface area contributed by atoms with Crippen molar-refractivity contribution in [2.45, 2.75) is 103 Å². The molecule has 300 valence electrons. The molecule has 2 heterocycles. The third kappa shape index (κ3) is 9.96. The number of ether oxygens (including phenoxy) is 1. The van der Waals surface area contributed by atoms with E-state index in [0.717, 1.165) is 18.9 Å². The number of amides is 5. The van der Waals surface area contributed by atoms with E-state index in [4.69, 9.17) is 4.74 Å². The van der Waals surface area contributed by atoms with Gasteiger partial charge in [-0.3, -0.25) is 14.4 Å². The van der Waals surface area contributed by atoms with Gasteiger partial charge in [0, 0.05) is 37.3 Å². The normalized spacial score (nSPS) is 19.7. The molecule has 5 atom stereocenters. The number of urea groups is 1. The number of alkyl halides is 3. The lowest BCUT2D eigenvalue weighted by Gasteiger charge is -2.40. The molecule has 2 aliphatic rings. The summed E-state index contributed by atoms with van der Waals surface area (Å²) < 4.78 is 62.0. The van der Waals surface area contributed by atoms with Crippen molar-refractivity contribution in [3.05, 3.63) is 70.7 Å². The minimum Gasteiger partial charge on any atom is -0.381 e. The van der Waals surface area contributed by atoms with Gasteiger partial charge in [-0.1, -0.05) is 64.4 Å². The van der Waals surface area contributed by atoms with Crippen LogP contribution in [0.3, 0.4) is 0 Å². The van der Waals surface area contributed by atoms with Gasteiger partial charge >= 0.3 is 12.2 Å². The van der Waals surface area contributed by atoms with E-state index in [0.29, 0.717) is 43.9 Å². The molecule has 0 radical (unpaired) electrons. The van der Waals surface area contributed by atoms with Crippen molar-refractivity contribution in [2.75, 3.05) is 19.8 Å². The van der Waals surface area contributed by atoms with Gasteiger partial charge in [0.15, 0.2) is 0 Å². The zero-order chi connectivity index (χ0) is 39.9. The van der Waals surface area contributed by atoms with Gasteiger partial charge in [0.1, 0.15) is 23.6 Å². The summed E-state index contributed by atoms with van der Waals surface area (Å²) >= 11 is 0. The van der Waals surface area contributed by atoms with Gasteiger partial charge in [0.05, 0.1) is 17.5 Å². The van der Waals surface area contributed by atoms with Crippen molar-refractivity contribution in [3.8, 4) is 0 Å². The Morgan fingerprint density at radius 1 is 0.945 bits per heavy atom. The van der Waals surface area contributed by atoms with E-state index >= 15 is 0 Å². The SMILES string of the molecule is CCC(C)[C@H](NC(=O)Cc1ccccc1F)C(=O)NC1(C(=O)N[C@H](NC(=O)NCC2CCOCC2)[C@H](C)CC)CCc2[nH]c3c(C(F)(F)F)cccc3c2C1. The molecule has 1 fully saturated rings. The number of carbonyl (C=O) groups is 4. The van der Waals surface area contributed by atoms with Gasteiger partial charge in [0.25, 0.3) is 0 Å². The highest BCUT2D eigenvalue weighted by atomic mass is 19.4. The Bertz CT molecular complexity index is 1840. The first-order chi connectivity index (χ1) is 26.2. The standard InChI is InChI=1S/C40H52F4N6O5/c1-5-23(3)33(47-32(51)20-26-10-7-8-13-30(26)41)36(52)50-39(17-14-31-28(21-39)27-11-9-12-29(34(27)46-31)40(42,43)44)37(53)48-35(24(4)6-2)49-38(54)45-22-25-15-18-55-19-16-25/h7-13,23-25,33,35,46H,5-6,14-22H2,1-4H3,(H,47,51)(H,48,53)(H,50,52)(H2,45,49,54)/t23?,24-,33+,35-,39?/m1/s1. The maximum Gasteiger partial charge on any atom is 0.418 e. The molecule has 2 aromatic carbocycles. The predicted octanol–water partition coefficient (Wildman–Crippen LogP) is 5.66. The molecule has 55 heavy (non-hydrogen) atoms. The Labute approximate surface area is 318 Å². The van der Waals surface area contributed by atoms with Crippen LogP contribution in [0.4, 0.5) is 22.4 Å². The van der Waals surface area contributed by atoms with Crippen molar-refractivity contribution < 1.29 is 41.5 Å². The van der Waals surface area contributed by atoms with Crippen LogP contribution in [-0.2, 0) is 44.6 Å². The number of aryl methyl sites for hydroxylation is 1. The molecule has 11 nitrogen and oxygen atoms in total. The number of aromatic amines is 1. The number of aromatic nitrogens is 1. The number of hydrogen-bond acceptors (Lipinski definition) is 5. The molecular weight excluding hydrogens is 720 g/mol. The Balaban J connectivity index is 1.45. The second-order valence-corrected chi connectivity index (χ2v) is 15.0. The zero-order valence-electron chi connectivity index (χ0n) is 31.8. The molecule has 1 aliphatic carbocycles. The lowest BCUT2D eigenvalue weighted by atomic mass is 9.78. The summed E-state index contributed by atoms with van der Waals surface area (Å²) in [7, 11) is 0. The van der Waals surface area contributed by atoms with Crippen LogP contribution >= 0.6 is 0 Å². The molecule has 1 saturated heterocycles. The van der Waals surface area contributed by atoms with E-state index in [1.165, 1.54) is 24.3 Å². The van der Waals surface area contributed by atoms with Gasteiger partial charge in [-0.05, 0) is 73.1 Å². The molecule has 0 bridgehead atoms. The van der Waals surface area contributed by atoms with Crippen LogP contribution in [0, 0.1) is 23.6 Å². The van der Waals surface area contributed by atoms with Gasteiger partial charge in [-0.25, -0.2) is 9.18 Å². The topological polar surface area (TPSA) is 153 Å². The molecule has 3 aromatic rings. The molecule has 1 aliphatic heterocycles. The smallest absolute Gasteiger partial charge is 0.381 e. The van der Waals surface area contributed by atoms with Gasteiger partial charge < -0.3 is 36.3 Å². The van der Waals surface area contributed by atoms with E-state index < -0.39 is 65.0 Å². The van der Waals surface area contributed by atoms with Gasteiger partial charge in [0.2, 0.25) is 17.7 Å². The minimum atomic E-state index is -4.64. The summed E-state index contributed by atoms with van der Waals surface area (Å²) in [6.07, 6.45) is -3.20. The van der Waals surface area contributed by atoms with Gasteiger partial charge in [-0.15, -0.1) is 0 Å². The van der Waals surface area contributed by atoms with Crippen molar-refractivity contribution in [2.24, 2.45) is 17.8 Å². The number of rotatable bonds is 14. The largest absolute Gasteiger partial charge is 0.418 e. The van der Waals surface area contributed by atoms with E-state index in [1.807, 2.05) is 20.8 Å². The minimum absolute atomic E-state index is 0.00528. The van der Waals surface area contributed by atoms with Crippen LogP contribution in [0.5, 0.6) is 0 Å². The highest BCUT2D eigenvalue weighted by molar-refractivity contribution is 5.97. The summed E-state index contributed by atoms with van der Waals surface area (Å²) in [6.45, 7) is 9.03. The molecule has 0 saturated carbocycles. The van der Waals surface area contributed by atoms with Crippen molar-refractivity contribution in [3.63, 3.8) is 0 Å². The Kier molecular flexibility index (Phi) is 13.5. The first-order valence-corrected chi connectivity index (χ1v) is 19.1. The Morgan fingerprint density at radius 3 is 2.33 bits per heavy atom. The zero-order valence-corrected chi connectivity index (χ0v) is 31.8. The van der Waals surface area contributed by atoms with Crippen LogP contribution in [0.2, 0.25) is 0 Å². The van der Waals surface area contributed by atoms with E-state index in [1.54, 1.807) is 19.1 Å². The quantitative estimate of drug-likeness (QED) is 0.0924. The third-order valence-electron chi connectivity index (χ3n) is 11.2. The average molecular weight is 773 g/mol. The van der Waals surface area contributed by atoms with Crippen LogP contribution in [-0.4, -0.2) is 66.2 Å². The highest BCUT2D eigenvalue weighted by Crippen LogP contribution is 2.40. The molecule has 0 spiro atoms. The number of H-pyrrole nitrogens is 1. The highest BCUT2D eigenvalue weighted by Gasteiger charge is 2.47. The number of halogens is 4. The van der Waals surface area contributed by atoms with E-state index in [9.17, 15) is 36.7 Å². The fourth-order valence-electron chi connectivity index (χ4n) is 7.33.